The molecule has 0 amide bonds. The molecule has 4 atom stereocenters. The fourth-order valence-electron chi connectivity index (χ4n) is 2.37. The van der Waals surface area contributed by atoms with E-state index in [2.05, 4.69) is 24.5 Å². The van der Waals surface area contributed by atoms with Crippen molar-refractivity contribution in [1.82, 2.24) is 10.6 Å². The smallest absolute Gasteiger partial charge is 0.0704 e. The summed E-state index contributed by atoms with van der Waals surface area (Å²) in [6.07, 6.45) is 3.24. The quantitative estimate of drug-likeness (QED) is 0.656. The van der Waals surface area contributed by atoms with Gasteiger partial charge < -0.3 is 15.4 Å². The van der Waals surface area contributed by atoms with Crippen molar-refractivity contribution >= 4 is 0 Å². The normalized spacial score (nSPS) is 45.7. The molecule has 2 rings (SSSR count). The Bertz CT molecular complexity index is 168. The SMILES string of the molecule is CC1CC(NC2CCNC2)C(C)O1. The van der Waals surface area contributed by atoms with Gasteiger partial charge in [0.1, 0.15) is 0 Å². The van der Waals surface area contributed by atoms with Crippen LogP contribution >= 0.6 is 0 Å². The van der Waals surface area contributed by atoms with Crippen LogP contribution in [0.25, 0.3) is 0 Å². The minimum Gasteiger partial charge on any atom is -0.374 e. The van der Waals surface area contributed by atoms with E-state index in [-0.39, 0.29) is 0 Å². The van der Waals surface area contributed by atoms with Crippen LogP contribution in [0.1, 0.15) is 26.7 Å². The molecule has 4 unspecified atom stereocenters. The van der Waals surface area contributed by atoms with Crippen molar-refractivity contribution in [2.75, 3.05) is 13.1 Å². The van der Waals surface area contributed by atoms with Crippen LogP contribution in [0.5, 0.6) is 0 Å². The van der Waals surface area contributed by atoms with Crippen LogP contribution in [-0.2, 0) is 4.74 Å². The molecule has 2 aliphatic heterocycles. The number of hydrogen-bond acceptors (Lipinski definition) is 3. The third-order valence-electron chi connectivity index (χ3n) is 3.11. The minimum absolute atomic E-state index is 0.385. The van der Waals surface area contributed by atoms with Crippen LogP contribution in [-0.4, -0.2) is 37.4 Å². The van der Waals surface area contributed by atoms with Gasteiger partial charge in [-0.05, 0) is 33.2 Å². The molecule has 0 aliphatic carbocycles. The van der Waals surface area contributed by atoms with Crippen molar-refractivity contribution in [3.05, 3.63) is 0 Å². The maximum absolute atomic E-state index is 5.70. The first kappa shape index (κ1) is 9.44. The lowest BCUT2D eigenvalue weighted by atomic mass is 10.1. The highest BCUT2D eigenvalue weighted by atomic mass is 16.5. The highest BCUT2D eigenvalue weighted by molar-refractivity contribution is 4.88. The van der Waals surface area contributed by atoms with E-state index in [1.807, 2.05) is 0 Å². The lowest BCUT2D eigenvalue weighted by Gasteiger charge is -2.20. The molecule has 2 N–H and O–H groups in total. The molecule has 2 fully saturated rings. The van der Waals surface area contributed by atoms with E-state index in [4.69, 9.17) is 4.74 Å². The van der Waals surface area contributed by atoms with E-state index in [9.17, 15) is 0 Å². The van der Waals surface area contributed by atoms with E-state index >= 15 is 0 Å². The maximum Gasteiger partial charge on any atom is 0.0704 e. The van der Waals surface area contributed by atoms with E-state index in [0.717, 1.165) is 19.5 Å². The zero-order valence-electron chi connectivity index (χ0n) is 8.55. The lowest BCUT2D eigenvalue weighted by Crippen LogP contribution is -2.43. The Morgan fingerprint density at radius 2 is 2.23 bits per heavy atom. The topological polar surface area (TPSA) is 33.3 Å². The molecule has 13 heavy (non-hydrogen) atoms. The Kier molecular flexibility index (Phi) is 2.86. The zero-order valence-corrected chi connectivity index (χ0v) is 8.55. The molecule has 0 aromatic rings. The van der Waals surface area contributed by atoms with Crippen LogP contribution in [0, 0.1) is 0 Å². The van der Waals surface area contributed by atoms with Crippen molar-refractivity contribution in [2.24, 2.45) is 0 Å². The van der Waals surface area contributed by atoms with E-state index < -0.39 is 0 Å². The van der Waals surface area contributed by atoms with Gasteiger partial charge in [-0.25, -0.2) is 0 Å². The molecule has 0 saturated carbocycles. The van der Waals surface area contributed by atoms with E-state index in [1.165, 1.54) is 6.42 Å². The van der Waals surface area contributed by atoms with Crippen LogP contribution < -0.4 is 10.6 Å². The minimum atomic E-state index is 0.385. The van der Waals surface area contributed by atoms with Crippen molar-refractivity contribution < 1.29 is 4.74 Å². The zero-order chi connectivity index (χ0) is 9.26. The maximum atomic E-state index is 5.70. The Morgan fingerprint density at radius 1 is 1.38 bits per heavy atom. The van der Waals surface area contributed by atoms with Gasteiger partial charge in [-0.15, -0.1) is 0 Å². The summed E-state index contributed by atoms with van der Waals surface area (Å²) in [5.41, 5.74) is 0. The Hall–Kier alpha value is -0.120. The van der Waals surface area contributed by atoms with Crippen LogP contribution in [0.4, 0.5) is 0 Å². The van der Waals surface area contributed by atoms with Crippen molar-refractivity contribution in [3.63, 3.8) is 0 Å². The fourth-order valence-corrected chi connectivity index (χ4v) is 2.37. The largest absolute Gasteiger partial charge is 0.374 e. The Labute approximate surface area is 80.2 Å². The first-order chi connectivity index (χ1) is 6.25. The summed E-state index contributed by atoms with van der Waals surface area (Å²) < 4.78 is 5.70. The van der Waals surface area contributed by atoms with Crippen molar-refractivity contribution in [2.45, 2.75) is 51.0 Å². The van der Waals surface area contributed by atoms with Gasteiger partial charge in [-0.2, -0.15) is 0 Å². The van der Waals surface area contributed by atoms with Gasteiger partial charge in [0, 0.05) is 18.6 Å². The summed E-state index contributed by atoms with van der Waals surface area (Å²) in [5, 5.41) is 7.04. The van der Waals surface area contributed by atoms with Gasteiger partial charge in [0.25, 0.3) is 0 Å². The van der Waals surface area contributed by atoms with Crippen molar-refractivity contribution in [1.29, 1.82) is 0 Å². The van der Waals surface area contributed by atoms with E-state index in [0.29, 0.717) is 24.3 Å². The molecule has 2 heterocycles. The third-order valence-corrected chi connectivity index (χ3v) is 3.11. The first-order valence-corrected chi connectivity index (χ1v) is 5.38. The molecule has 0 aromatic heterocycles. The summed E-state index contributed by atoms with van der Waals surface area (Å²) in [5.74, 6) is 0. The number of rotatable bonds is 2. The molecule has 0 bridgehead atoms. The van der Waals surface area contributed by atoms with Gasteiger partial charge in [-0.3, -0.25) is 0 Å². The fraction of sp³-hybridized carbons (Fsp3) is 1.00. The predicted molar refractivity (Wildman–Crippen MR) is 52.8 cm³/mol. The number of nitrogens with one attached hydrogen (secondary N) is 2. The van der Waals surface area contributed by atoms with E-state index in [1.54, 1.807) is 0 Å². The standard InChI is InChI=1S/C10H20N2O/c1-7-5-10(8(2)13-7)12-9-3-4-11-6-9/h7-12H,3-6H2,1-2H3. The molecule has 3 heteroatoms. The predicted octanol–water partition coefficient (Wildman–Crippen LogP) is 0.504. The average molecular weight is 184 g/mol. The molecule has 2 saturated heterocycles. The second kappa shape index (κ2) is 3.95. The molecule has 76 valence electrons. The number of ether oxygens (including phenoxy) is 1. The monoisotopic (exact) mass is 184 g/mol. The molecule has 2 aliphatic rings. The van der Waals surface area contributed by atoms with Gasteiger partial charge in [0.05, 0.1) is 12.2 Å². The van der Waals surface area contributed by atoms with Crippen molar-refractivity contribution in [3.8, 4) is 0 Å². The first-order valence-electron chi connectivity index (χ1n) is 5.38. The van der Waals surface area contributed by atoms with Gasteiger partial charge in [0.2, 0.25) is 0 Å². The second-order valence-corrected chi connectivity index (χ2v) is 4.35. The number of hydrogen-bond donors (Lipinski definition) is 2. The van der Waals surface area contributed by atoms with Crippen LogP contribution in [0.15, 0.2) is 0 Å². The third kappa shape index (κ3) is 2.22. The second-order valence-electron chi connectivity index (χ2n) is 4.35. The van der Waals surface area contributed by atoms with Gasteiger partial charge >= 0.3 is 0 Å². The molecule has 0 aromatic carbocycles. The molecular formula is C10H20N2O. The van der Waals surface area contributed by atoms with Gasteiger partial charge in [-0.1, -0.05) is 0 Å². The lowest BCUT2D eigenvalue weighted by molar-refractivity contribution is 0.0597. The van der Waals surface area contributed by atoms with Gasteiger partial charge in [0.15, 0.2) is 0 Å². The van der Waals surface area contributed by atoms with Crippen LogP contribution in [0.3, 0.4) is 0 Å². The summed E-state index contributed by atoms with van der Waals surface area (Å²) in [7, 11) is 0. The summed E-state index contributed by atoms with van der Waals surface area (Å²) in [6.45, 7) is 6.61. The summed E-state index contributed by atoms with van der Waals surface area (Å²) in [4.78, 5) is 0. The highest BCUT2D eigenvalue weighted by Crippen LogP contribution is 2.20. The average Bonchev–Trinajstić information content (AvgIpc) is 2.63. The Morgan fingerprint density at radius 3 is 2.77 bits per heavy atom. The highest BCUT2D eigenvalue weighted by Gasteiger charge is 2.31. The molecule has 0 radical (unpaired) electrons. The Balaban J connectivity index is 1.80. The van der Waals surface area contributed by atoms with Crippen LogP contribution in [0.2, 0.25) is 0 Å². The molecule has 0 spiro atoms. The molecule has 3 nitrogen and oxygen atoms in total. The summed E-state index contributed by atoms with van der Waals surface area (Å²) in [6, 6.07) is 1.24. The summed E-state index contributed by atoms with van der Waals surface area (Å²) >= 11 is 0. The molecular weight excluding hydrogens is 164 g/mol.